The number of rotatable bonds is 4. The predicted octanol–water partition coefficient (Wildman–Crippen LogP) is 1.25. The maximum Gasteiger partial charge on any atom is 0.228 e. The van der Waals surface area contributed by atoms with Gasteiger partial charge in [0.2, 0.25) is 11.8 Å². The molecule has 8 heteroatoms. The summed E-state index contributed by atoms with van der Waals surface area (Å²) in [4.78, 5) is 6.68. The van der Waals surface area contributed by atoms with Crippen molar-refractivity contribution in [2.45, 2.75) is 25.5 Å². The summed E-state index contributed by atoms with van der Waals surface area (Å²) < 4.78 is 15.7. The molecule has 4 heterocycles. The summed E-state index contributed by atoms with van der Waals surface area (Å²) in [5.41, 5.74) is 0.824. The standard InChI is InChI=1S/C17H24N6O2/c1-13(2)10-23-15(14-18-5-6-21(14)3)19-20-16(23)22-7-9-25-17(11-22)4-8-24-12-17/h5-6H,1,4,7-12H2,2-3H3. The van der Waals surface area contributed by atoms with Crippen LogP contribution in [0, 0.1) is 0 Å². The van der Waals surface area contributed by atoms with Gasteiger partial charge >= 0.3 is 0 Å². The highest BCUT2D eigenvalue weighted by Crippen LogP contribution is 2.31. The molecule has 0 aromatic carbocycles. The molecule has 25 heavy (non-hydrogen) atoms. The first-order chi connectivity index (χ1) is 12.1. The highest BCUT2D eigenvalue weighted by molar-refractivity contribution is 5.50. The Bertz CT molecular complexity index is 774. The molecule has 2 aliphatic heterocycles. The lowest BCUT2D eigenvalue weighted by Crippen LogP contribution is -2.53. The Labute approximate surface area is 147 Å². The van der Waals surface area contributed by atoms with Crippen LogP contribution in [0.25, 0.3) is 11.6 Å². The van der Waals surface area contributed by atoms with Crippen LogP contribution in [0.5, 0.6) is 0 Å². The maximum atomic E-state index is 6.04. The number of imidazole rings is 1. The summed E-state index contributed by atoms with van der Waals surface area (Å²) in [6.45, 7) is 10.4. The van der Waals surface area contributed by atoms with E-state index in [1.54, 1.807) is 6.20 Å². The largest absolute Gasteiger partial charge is 0.378 e. The molecule has 134 valence electrons. The van der Waals surface area contributed by atoms with Crippen LogP contribution in [0.1, 0.15) is 13.3 Å². The van der Waals surface area contributed by atoms with Gasteiger partial charge in [0.15, 0.2) is 5.82 Å². The molecule has 8 nitrogen and oxygen atoms in total. The molecule has 2 aromatic heterocycles. The van der Waals surface area contributed by atoms with E-state index in [0.29, 0.717) is 19.8 Å². The Kier molecular flexibility index (Phi) is 4.09. The minimum absolute atomic E-state index is 0.221. The van der Waals surface area contributed by atoms with E-state index >= 15 is 0 Å². The molecule has 2 aliphatic rings. The lowest BCUT2D eigenvalue weighted by atomic mass is 10.0. The van der Waals surface area contributed by atoms with Crippen molar-refractivity contribution in [1.29, 1.82) is 0 Å². The molecule has 0 radical (unpaired) electrons. The first kappa shape index (κ1) is 16.3. The molecule has 1 atom stereocenters. The first-order valence-electron chi connectivity index (χ1n) is 8.60. The van der Waals surface area contributed by atoms with Crippen molar-refractivity contribution in [3.63, 3.8) is 0 Å². The molecule has 1 unspecified atom stereocenters. The average molecular weight is 344 g/mol. The Morgan fingerprint density at radius 3 is 2.88 bits per heavy atom. The predicted molar refractivity (Wildman–Crippen MR) is 93.4 cm³/mol. The Morgan fingerprint density at radius 1 is 1.32 bits per heavy atom. The number of nitrogens with zero attached hydrogens (tertiary/aromatic N) is 6. The molecule has 2 aromatic rings. The van der Waals surface area contributed by atoms with Gasteiger partial charge in [-0.1, -0.05) is 12.2 Å². The second-order valence-corrected chi connectivity index (χ2v) is 6.98. The number of morpholine rings is 1. The lowest BCUT2D eigenvalue weighted by molar-refractivity contribution is -0.0584. The van der Waals surface area contributed by atoms with E-state index in [9.17, 15) is 0 Å². The molecule has 4 rings (SSSR count). The van der Waals surface area contributed by atoms with Crippen LogP contribution in [0.15, 0.2) is 24.5 Å². The quantitative estimate of drug-likeness (QED) is 0.778. The molecule has 0 aliphatic carbocycles. The van der Waals surface area contributed by atoms with Gasteiger partial charge < -0.3 is 18.9 Å². The van der Waals surface area contributed by atoms with Gasteiger partial charge in [-0.3, -0.25) is 4.57 Å². The summed E-state index contributed by atoms with van der Waals surface area (Å²) >= 11 is 0. The van der Waals surface area contributed by atoms with Crippen molar-refractivity contribution >= 4 is 5.95 Å². The van der Waals surface area contributed by atoms with Gasteiger partial charge in [-0.05, 0) is 6.92 Å². The third-order valence-corrected chi connectivity index (χ3v) is 4.78. The van der Waals surface area contributed by atoms with Gasteiger partial charge in [0.1, 0.15) is 5.60 Å². The van der Waals surface area contributed by atoms with Gasteiger partial charge in [-0.15, -0.1) is 10.2 Å². The number of aromatic nitrogens is 5. The van der Waals surface area contributed by atoms with Crippen LogP contribution in [-0.2, 0) is 23.1 Å². The molecule has 0 bridgehead atoms. The summed E-state index contributed by atoms with van der Waals surface area (Å²) in [6.07, 6.45) is 4.60. The zero-order valence-electron chi connectivity index (χ0n) is 14.8. The van der Waals surface area contributed by atoms with Crippen molar-refractivity contribution in [2.24, 2.45) is 7.05 Å². The average Bonchev–Trinajstić information content (AvgIpc) is 3.28. The van der Waals surface area contributed by atoms with Crippen molar-refractivity contribution in [3.05, 3.63) is 24.5 Å². The first-order valence-corrected chi connectivity index (χ1v) is 8.60. The van der Waals surface area contributed by atoms with Crippen molar-refractivity contribution < 1.29 is 9.47 Å². The fraction of sp³-hybridized carbons (Fsp3) is 0.588. The van der Waals surface area contributed by atoms with E-state index in [4.69, 9.17) is 9.47 Å². The van der Waals surface area contributed by atoms with Crippen molar-refractivity contribution in [3.8, 4) is 11.6 Å². The SMILES string of the molecule is C=C(C)Cn1c(-c2nccn2C)nnc1N1CCOC2(CCOC2)C1. The molecule has 0 N–H and O–H groups in total. The molecule has 2 fully saturated rings. The Morgan fingerprint density at radius 2 is 2.20 bits per heavy atom. The molecule has 1 spiro atoms. The van der Waals surface area contributed by atoms with Gasteiger partial charge in [-0.2, -0.15) is 0 Å². The van der Waals surface area contributed by atoms with Gasteiger partial charge in [0, 0.05) is 45.6 Å². The van der Waals surface area contributed by atoms with Gasteiger partial charge in [0.25, 0.3) is 0 Å². The summed E-state index contributed by atoms with van der Waals surface area (Å²) in [5.74, 6) is 2.40. The molecule has 0 saturated carbocycles. The number of ether oxygens (including phenoxy) is 2. The van der Waals surface area contributed by atoms with E-state index in [1.165, 1.54) is 0 Å². The minimum atomic E-state index is -0.221. The van der Waals surface area contributed by atoms with Crippen LogP contribution in [0.3, 0.4) is 0 Å². The number of aryl methyl sites for hydroxylation is 1. The fourth-order valence-electron chi connectivity index (χ4n) is 3.53. The Hall–Kier alpha value is -2.19. The highest BCUT2D eigenvalue weighted by Gasteiger charge is 2.41. The van der Waals surface area contributed by atoms with Crippen LogP contribution in [0.4, 0.5) is 5.95 Å². The third kappa shape index (κ3) is 2.96. The highest BCUT2D eigenvalue weighted by atomic mass is 16.6. The number of hydrogen-bond acceptors (Lipinski definition) is 6. The number of hydrogen-bond donors (Lipinski definition) is 0. The summed E-state index contributed by atoms with van der Waals surface area (Å²) in [5, 5.41) is 8.93. The van der Waals surface area contributed by atoms with E-state index in [2.05, 4.69) is 31.2 Å². The zero-order valence-corrected chi connectivity index (χ0v) is 14.8. The van der Waals surface area contributed by atoms with Crippen LogP contribution >= 0.6 is 0 Å². The van der Waals surface area contributed by atoms with Crippen molar-refractivity contribution in [2.75, 3.05) is 37.8 Å². The normalized spacial score (nSPS) is 23.5. The van der Waals surface area contributed by atoms with Crippen LogP contribution in [-0.4, -0.2) is 62.8 Å². The smallest absolute Gasteiger partial charge is 0.228 e. The molecule has 2 saturated heterocycles. The van der Waals surface area contributed by atoms with E-state index < -0.39 is 0 Å². The second kappa shape index (κ2) is 6.27. The maximum absolute atomic E-state index is 6.04. The van der Waals surface area contributed by atoms with Crippen molar-refractivity contribution in [1.82, 2.24) is 24.3 Å². The minimum Gasteiger partial charge on any atom is -0.378 e. The molecule has 0 amide bonds. The fourth-order valence-corrected chi connectivity index (χ4v) is 3.53. The van der Waals surface area contributed by atoms with Gasteiger partial charge in [-0.25, -0.2) is 4.98 Å². The van der Waals surface area contributed by atoms with Crippen LogP contribution < -0.4 is 4.90 Å². The van der Waals surface area contributed by atoms with Crippen LogP contribution in [0.2, 0.25) is 0 Å². The summed E-state index contributed by atoms with van der Waals surface area (Å²) in [7, 11) is 1.96. The zero-order chi connectivity index (χ0) is 17.4. The Balaban J connectivity index is 1.70. The molecular formula is C17H24N6O2. The molecular weight excluding hydrogens is 320 g/mol. The topological polar surface area (TPSA) is 70.2 Å². The van der Waals surface area contributed by atoms with E-state index in [1.807, 2.05) is 24.7 Å². The third-order valence-electron chi connectivity index (χ3n) is 4.78. The number of anilines is 1. The lowest BCUT2D eigenvalue weighted by Gasteiger charge is -2.39. The van der Waals surface area contributed by atoms with Gasteiger partial charge in [0.05, 0.1) is 19.8 Å². The van der Waals surface area contributed by atoms with E-state index in [-0.39, 0.29) is 5.60 Å². The number of allylic oxidation sites excluding steroid dienone is 1. The monoisotopic (exact) mass is 344 g/mol. The van der Waals surface area contributed by atoms with E-state index in [0.717, 1.165) is 49.3 Å². The second-order valence-electron chi connectivity index (χ2n) is 6.98. The summed E-state index contributed by atoms with van der Waals surface area (Å²) in [6, 6.07) is 0.